The Hall–Kier alpha value is -2.01. The molecule has 0 atom stereocenters. The van der Waals surface area contributed by atoms with Crippen LogP contribution in [0.3, 0.4) is 0 Å². The summed E-state index contributed by atoms with van der Waals surface area (Å²) in [4.78, 5) is 12.4. The minimum atomic E-state index is -0.372. The number of hydrogen-bond acceptors (Lipinski definition) is 5. The molecule has 4 N–H and O–H groups in total. The van der Waals surface area contributed by atoms with Gasteiger partial charge in [0.2, 0.25) is 0 Å². The summed E-state index contributed by atoms with van der Waals surface area (Å²) in [6.07, 6.45) is 0. The molecule has 0 radical (unpaired) electrons. The van der Waals surface area contributed by atoms with Gasteiger partial charge in [0, 0.05) is 5.56 Å². The van der Waals surface area contributed by atoms with Crippen LogP contribution >= 0.6 is 11.3 Å². The van der Waals surface area contributed by atoms with E-state index < -0.39 is 0 Å². The lowest BCUT2D eigenvalue weighted by atomic mass is 10.1. The summed E-state index contributed by atoms with van der Waals surface area (Å²) in [5.41, 5.74) is 13.9. The zero-order chi connectivity index (χ0) is 12.4. The number of esters is 1. The number of para-hydroxylation sites is 1. The number of carbonyl (C=O) groups excluding carboxylic acids is 1. The number of hydrogen-bond donors (Lipinski definition) is 2. The first-order valence-corrected chi connectivity index (χ1v) is 5.83. The number of anilines is 2. The Morgan fingerprint density at radius 1 is 1.29 bits per heavy atom. The Kier molecular flexibility index (Phi) is 3.01. The maximum Gasteiger partial charge on any atom is 0.339 e. The number of rotatable bonds is 2. The second-order valence-corrected chi connectivity index (χ2v) is 4.38. The average Bonchev–Trinajstić information content (AvgIpc) is 2.80. The topological polar surface area (TPSA) is 78.3 Å². The van der Waals surface area contributed by atoms with Crippen LogP contribution in [0.5, 0.6) is 0 Å². The van der Waals surface area contributed by atoms with E-state index in [1.165, 1.54) is 18.4 Å². The zero-order valence-corrected chi connectivity index (χ0v) is 10.1. The lowest BCUT2D eigenvalue weighted by Gasteiger charge is -2.07. The quantitative estimate of drug-likeness (QED) is 0.631. The maximum atomic E-state index is 11.6. The number of carbonyl (C=O) groups is 1. The smallest absolute Gasteiger partial charge is 0.339 e. The first-order valence-electron chi connectivity index (χ1n) is 4.95. The molecule has 0 unspecified atom stereocenters. The van der Waals surface area contributed by atoms with Crippen LogP contribution in [0.25, 0.3) is 10.4 Å². The third kappa shape index (κ3) is 1.97. The van der Waals surface area contributed by atoms with Crippen molar-refractivity contribution in [2.45, 2.75) is 0 Å². The van der Waals surface area contributed by atoms with E-state index in [0.717, 1.165) is 10.4 Å². The largest absolute Gasteiger partial charge is 0.465 e. The van der Waals surface area contributed by atoms with E-state index in [1.54, 1.807) is 12.1 Å². The molecule has 4 nitrogen and oxygen atoms in total. The molecular formula is C12H12N2O2S. The lowest BCUT2D eigenvalue weighted by molar-refractivity contribution is 0.0602. The van der Waals surface area contributed by atoms with Gasteiger partial charge >= 0.3 is 5.97 Å². The van der Waals surface area contributed by atoms with Crippen molar-refractivity contribution in [1.82, 2.24) is 0 Å². The van der Waals surface area contributed by atoms with Gasteiger partial charge in [0.15, 0.2) is 0 Å². The van der Waals surface area contributed by atoms with Crippen molar-refractivity contribution in [1.29, 1.82) is 0 Å². The van der Waals surface area contributed by atoms with Gasteiger partial charge in [-0.3, -0.25) is 0 Å². The molecule has 0 saturated heterocycles. The molecule has 0 aliphatic rings. The molecule has 1 aromatic heterocycles. The fourth-order valence-corrected chi connectivity index (χ4v) is 2.49. The van der Waals surface area contributed by atoms with Gasteiger partial charge in [-0.25, -0.2) is 4.79 Å². The first kappa shape index (κ1) is 11.5. The highest BCUT2D eigenvalue weighted by Crippen LogP contribution is 2.36. The Morgan fingerprint density at radius 2 is 2.06 bits per heavy atom. The van der Waals surface area contributed by atoms with Crippen molar-refractivity contribution in [3.05, 3.63) is 35.2 Å². The number of thiophene rings is 1. The van der Waals surface area contributed by atoms with Gasteiger partial charge in [0.1, 0.15) is 0 Å². The molecule has 2 aromatic rings. The van der Waals surface area contributed by atoms with Crippen LogP contribution in [0.4, 0.5) is 11.4 Å². The van der Waals surface area contributed by atoms with Crippen LogP contribution in [-0.4, -0.2) is 13.1 Å². The van der Waals surface area contributed by atoms with Crippen LogP contribution in [0, 0.1) is 0 Å². The summed E-state index contributed by atoms with van der Waals surface area (Å²) in [5.74, 6) is -0.372. The molecule has 0 spiro atoms. The fourth-order valence-electron chi connectivity index (χ4n) is 1.57. The van der Waals surface area contributed by atoms with Gasteiger partial charge in [0.05, 0.1) is 28.9 Å². The van der Waals surface area contributed by atoms with Crippen molar-refractivity contribution in [3.8, 4) is 10.4 Å². The molecule has 2 rings (SSSR count). The molecule has 0 aliphatic heterocycles. The number of nitrogen functional groups attached to an aromatic ring is 2. The summed E-state index contributed by atoms with van der Waals surface area (Å²) >= 11 is 1.43. The Bertz CT molecular complexity index is 563. The number of methoxy groups -OCH3 is 1. The van der Waals surface area contributed by atoms with Crippen molar-refractivity contribution in [2.75, 3.05) is 18.6 Å². The molecule has 88 valence electrons. The SMILES string of the molecule is COC(=O)c1ccsc1-c1cccc(N)c1N. The molecular weight excluding hydrogens is 236 g/mol. The predicted molar refractivity (Wildman–Crippen MR) is 69.9 cm³/mol. The maximum absolute atomic E-state index is 11.6. The van der Waals surface area contributed by atoms with E-state index in [1.807, 2.05) is 17.5 Å². The normalized spacial score (nSPS) is 10.2. The van der Waals surface area contributed by atoms with Gasteiger partial charge in [-0.2, -0.15) is 0 Å². The van der Waals surface area contributed by atoms with Crippen LogP contribution in [-0.2, 0) is 4.74 Å². The second kappa shape index (κ2) is 4.47. The zero-order valence-electron chi connectivity index (χ0n) is 9.27. The van der Waals surface area contributed by atoms with Gasteiger partial charge in [-0.1, -0.05) is 12.1 Å². The minimum Gasteiger partial charge on any atom is -0.465 e. The molecule has 0 aliphatic carbocycles. The van der Waals surface area contributed by atoms with E-state index in [4.69, 9.17) is 16.2 Å². The van der Waals surface area contributed by atoms with E-state index in [2.05, 4.69) is 0 Å². The van der Waals surface area contributed by atoms with Crippen molar-refractivity contribution in [2.24, 2.45) is 0 Å². The van der Waals surface area contributed by atoms with Crippen molar-refractivity contribution in [3.63, 3.8) is 0 Å². The fraction of sp³-hybridized carbons (Fsp3) is 0.0833. The molecule has 0 amide bonds. The summed E-state index contributed by atoms with van der Waals surface area (Å²) in [5, 5.41) is 1.82. The van der Waals surface area contributed by atoms with Crippen molar-refractivity contribution < 1.29 is 9.53 Å². The third-order valence-electron chi connectivity index (χ3n) is 2.46. The van der Waals surface area contributed by atoms with Crippen LogP contribution in [0.1, 0.15) is 10.4 Å². The summed E-state index contributed by atoms with van der Waals surface area (Å²) in [7, 11) is 1.35. The molecule has 17 heavy (non-hydrogen) atoms. The molecule has 1 aromatic carbocycles. The highest BCUT2D eigenvalue weighted by molar-refractivity contribution is 7.14. The highest BCUT2D eigenvalue weighted by atomic mass is 32.1. The van der Waals surface area contributed by atoms with Crippen LogP contribution in [0.15, 0.2) is 29.6 Å². The van der Waals surface area contributed by atoms with E-state index >= 15 is 0 Å². The molecule has 5 heteroatoms. The van der Waals surface area contributed by atoms with Crippen LogP contribution < -0.4 is 11.5 Å². The highest BCUT2D eigenvalue weighted by Gasteiger charge is 2.16. The molecule has 0 saturated carbocycles. The molecule has 1 heterocycles. The molecule has 0 fully saturated rings. The van der Waals surface area contributed by atoms with E-state index in [9.17, 15) is 4.79 Å². The Balaban J connectivity index is 2.58. The number of benzene rings is 1. The van der Waals surface area contributed by atoms with Crippen LogP contribution in [0.2, 0.25) is 0 Å². The Morgan fingerprint density at radius 3 is 2.76 bits per heavy atom. The molecule has 0 bridgehead atoms. The van der Waals surface area contributed by atoms with E-state index in [-0.39, 0.29) is 5.97 Å². The van der Waals surface area contributed by atoms with Gasteiger partial charge in [-0.05, 0) is 17.5 Å². The number of ether oxygens (including phenoxy) is 1. The van der Waals surface area contributed by atoms with Gasteiger partial charge in [-0.15, -0.1) is 11.3 Å². The first-order chi connectivity index (χ1) is 8.15. The van der Waals surface area contributed by atoms with E-state index in [0.29, 0.717) is 16.9 Å². The third-order valence-corrected chi connectivity index (χ3v) is 3.40. The number of nitrogens with two attached hydrogens (primary N) is 2. The second-order valence-electron chi connectivity index (χ2n) is 3.46. The predicted octanol–water partition coefficient (Wildman–Crippen LogP) is 2.37. The standard InChI is InChI=1S/C12H12N2O2S/c1-16-12(15)8-5-6-17-11(8)7-3-2-4-9(13)10(7)14/h2-6H,13-14H2,1H3. The summed E-state index contributed by atoms with van der Waals surface area (Å²) < 4.78 is 4.72. The Labute approximate surface area is 103 Å². The lowest BCUT2D eigenvalue weighted by Crippen LogP contribution is -2.02. The monoisotopic (exact) mass is 248 g/mol. The summed E-state index contributed by atoms with van der Waals surface area (Å²) in [6, 6.07) is 7.09. The van der Waals surface area contributed by atoms with Gasteiger partial charge in [0.25, 0.3) is 0 Å². The summed E-state index contributed by atoms with van der Waals surface area (Å²) in [6.45, 7) is 0. The van der Waals surface area contributed by atoms with Crippen molar-refractivity contribution >= 4 is 28.7 Å². The minimum absolute atomic E-state index is 0.372. The average molecular weight is 248 g/mol. The van der Waals surface area contributed by atoms with Gasteiger partial charge < -0.3 is 16.2 Å².